The Hall–Kier alpha value is -0.290. The number of hydrogen-bond acceptors (Lipinski definition) is 2. The van der Waals surface area contributed by atoms with Gasteiger partial charge in [-0.2, -0.15) is 13.2 Å². The standard InChI is InChI=1S/C5H7F3O2/c1-2(9)3-4(10-3)5(6,7)8/h2-4,9H,1H3. The molecule has 0 aliphatic carbocycles. The topological polar surface area (TPSA) is 32.8 Å². The summed E-state index contributed by atoms with van der Waals surface area (Å²) in [4.78, 5) is 0. The molecule has 0 saturated carbocycles. The van der Waals surface area contributed by atoms with E-state index in [-0.39, 0.29) is 0 Å². The van der Waals surface area contributed by atoms with E-state index in [9.17, 15) is 13.2 Å². The number of aliphatic hydroxyl groups is 1. The van der Waals surface area contributed by atoms with Crippen LogP contribution in [-0.4, -0.2) is 29.6 Å². The maximum Gasteiger partial charge on any atom is 0.417 e. The van der Waals surface area contributed by atoms with Gasteiger partial charge < -0.3 is 9.84 Å². The molecule has 3 atom stereocenters. The van der Waals surface area contributed by atoms with Crippen LogP contribution in [0.3, 0.4) is 0 Å². The van der Waals surface area contributed by atoms with Crippen LogP contribution in [0.15, 0.2) is 0 Å². The quantitative estimate of drug-likeness (QED) is 0.567. The van der Waals surface area contributed by atoms with Gasteiger partial charge in [-0.1, -0.05) is 0 Å². The smallest absolute Gasteiger partial charge is 0.391 e. The zero-order chi connectivity index (χ0) is 7.94. The molecule has 0 amide bonds. The molecule has 1 N–H and O–H groups in total. The first-order valence-electron chi connectivity index (χ1n) is 2.83. The Morgan fingerprint density at radius 1 is 1.50 bits per heavy atom. The van der Waals surface area contributed by atoms with E-state index in [0.717, 1.165) is 0 Å². The van der Waals surface area contributed by atoms with Crippen LogP contribution in [-0.2, 0) is 4.74 Å². The van der Waals surface area contributed by atoms with E-state index in [2.05, 4.69) is 4.74 Å². The molecule has 1 rings (SSSR count). The Balaban J connectivity index is 2.39. The van der Waals surface area contributed by atoms with Crippen molar-refractivity contribution in [2.75, 3.05) is 0 Å². The third-order valence-corrected chi connectivity index (χ3v) is 1.32. The Morgan fingerprint density at radius 2 is 2.00 bits per heavy atom. The molecule has 5 heteroatoms. The van der Waals surface area contributed by atoms with Crippen molar-refractivity contribution >= 4 is 0 Å². The first-order chi connectivity index (χ1) is 4.43. The molecule has 60 valence electrons. The van der Waals surface area contributed by atoms with Crippen LogP contribution in [0.1, 0.15) is 6.92 Å². The fraction of sp³-hybridized carbons (Fsp3) is 1.00. The highest BCUT2D eigenvalue weighted by Crippen LogP contribution is 2.39. The Kier molecular flexibility index (Phi) is 1.64. The molecule has 1 saturated heterocycles. The zero-order valence-electron chi connectivity index (χ0n) is 5.22. The van der Waals surface area contributed by atoms with Crippen molar-refractivity contribution in [2.45, 2.75) is 31.4 Å². The minimum absolute atomic E-state index is 1.04. The molecule has 1 aliphatic rings. The van der Waals surface area contributed by atoms with Gasteiger partial charge in [0.2, 0.25) is 0 Å². The second kappa shape index (κ2) is 2.10. The van der Waals surface area contributed by atoms with Gasteiger partial charge in [0.1, 0.15) is 6.10 Å². The number of halogens is 3. The Morgan fingerprint density at radius 3 is 2.10 bits per heavy atom. The third kappa shape index (κ3) is 1.41. The summed E-state index contributed by atoms with van der Waals surface area (Å²) in [5.41, 5.74) is 0. The van der Waals surface area contributed by atoms with Gasteiger partial charge in [0.15, 0.2) is 6.10 Å². The zero-order valence-corrected chi connectivity index (χ0v) is 5.22. The highest BCUT2D eigenvalue weighted by atomic mass is 19.4. The van der Waals surface area contributed by atoms with E-state index in [1.165, 1.54) is 6.92 Å². The molecule has 0 aromatic rings. The van der Waals surface area contributed by atoms with Crippen molar-refractivity contribution in [3.05, 3.63) is 0 Å². The lowest BCUT2D eigenvalue weighted by Gasteiger charge is -2.01. The van der Waals surface area contributed by atoms with E-state index < -0.39 is 24.5 Å². The number of hydrogen-bond donors (Lipinski definition) is 1. The van der Waals surface area contributed by atoms with Gasteiger partial charge in [-0.05, 0) is 6.92 Å². The Labute approximate surface area is 55.6 Å². The predicted octanol–water partition coefficient (Wildman–Crippen LogP) is 0.697. The fourth-order valence-corrected chi connectivity index (χ4v) is 0.754. The molecule has 10 heavy (non-hydrogen) atoms. The number of epoxide rings is 1. The van der Waals surface area contributed by atoms with Gasteiger partial charge in [0, 0.05) is 0 Å². The van der Waals surface area contributed by atoms with Gasteiger partial charge >= 0.3 is 6.18 Å². The summed E-state index contributed by atoms with van der Waals surface area (Å²) in [7, 11) is 0. The highest BCUT2D eigenvalue weighted by molar-refractivity contribution is 4.93. The Bertz CT molecular complexity index is 131. The summed E-state index contributed by atoms with van der Waals surface area (Å²) in [5, 5.41) is 8.60. The summed E-state index contributed by atoms with van der Waals surface area (Å²) in [6, 6.07) is 0. The van der Waals surface area contributed by atoms with Crippen LogP contribution in [0, 0.1) is 0 Å². The minimum Gasteiger partial charge on any atom is -0.391 e. The summed E-state index contributed by atoms with van der Waals surface area (Å²) in [5.74, 6) is 0. The van der Waals surface area contributed by atoms with Crippen LogP contribution >= 0.6 is 0 Å². The van der Waals surface area contributed by atoms with Gasteiger partial charge in [0.25, 0.3) is 0 Å². The molecule has 0 aromatic heterocycles. The lowest BCUT2D eigenvalue weighted by atomic mass is 10.2. The summed E-state index contributed by atoms with van der Waals surface area (Å²) in [6.45, 7) is 1.27. The molecular formula is C5H7F3O2. The molecule has 3 unspecified atom stereocenters. The normalized spacial score (nSPS) is 35.7. The van der Waals surface area contributed by atoms with Gasteiger partial charge in [-0.15, -0.1) is 0 Å². The molecule has 0 radical (unpaired) electrons. The molecule has 1 aliphatic heterocycles. The number of aliphatic hydroxyl groups excluding tert-OH is 1. The predicted molar refractivity (Wildman–Crippen MR) is 26.4 cm³/mol. The average Bonchev–Trinajstić information content (AvgIpc) is 2.35. The summed E-state index contributed by atoms with van der Waals surface area (Å²) >= 11 is 0. The van der Waals surface area contributed by atoms with E-state index in [4.69, 9.17) is 5.11 Å². The molecular weight excluding hydrogens is 149 g/mol. The largest absolute Gasteiger partial charge is 0.417 e. The summed E-state index contributed by atoms with van der Waals surface area (Å²) < 4.78 is 39.0. The number of alkyl halides is 3. The number of ether oxygens (including phenoxy) is 1. The second-order valence-corrected chi connectivity index (χ2v) is 2.30. The van der Waals surface area contributed by atoms with Crippen LogP contribution in [0.5, 0.6) is 0 Å². The maximum absolute atomic E-state index is 11.6. The van der Waals surface area contributed by atoms with Crippen molar-refractivity contribution in [3.63, 3.8) is 0 Å². The molecule has 2 nitrogen and oxygen atoms in total. The molecule has 1 heterocycles. The van der Waals surface area contributed by atoms with Crippen LogP contribution < -0.4 is 0 Å². The molecule has 1 fully saturated rings. The van der Waals surface area contributed by atoms with E-state index in [1.807, 2.05) is 0 Å². The minimum atomic E-state index is -4.32. The monoisotopic (exact) mass is 156 g/mol. The lowest BCUT2D eigenvalue weighted by Crippen LogP contribution is -2.23. The first kappa shape index (κ1) is 7.81. The average molecular weight is 156 g/mol. The number of rotatable bonds is 1. The lowest BCUT2D eigenvalue weighted by molar-refractivity contribution is -0.146. The van der Waals surface area contributed by atoms with Gasteiger partial charge in [0.05, 0.1) is 6.10 Å². The van der Waals surface area contributed by atoms with Crippen LogP contribution in [0.25, 0.3) is 0 Å². The van der Waals surface area contributed by atoms with E-state index in [1.54, 1.807) is 0 Å². The molecule has 0 bridgehead atoms. The van der Waals surface area contributed by atoms with Gasteiger partial charge in [-0.3, -0.25) is 0 Å². The summed E-state index contributed by atoms with van der Waals surface area (Å²) in [6.07, 6.45) is -8.14. The first-order valence-corrected chi connectivity index (χ1v) is 2.83. The van der Waals surface area contributed by atoms with Crippen LogP contribution in [0.2, 0.25) is 0 Å². The SMILES string of the molecule is CC(O)C1OC1C(F)(F)F. The van der Waals surface area contributed by atoms with Crippen molar-refractivity contribution < 1.29 is 23.0 Å². The van der Waals surface area contributed by atoms with Gasteiger partial charge in [-0.25, -0.2) is 0 Å². The third-order valence-electron chi connectivity index (χ3n) is 1.32. The van der Waals surface area contributed by atoms with Crippen molar-refractivity contribution in [3.8, 4) is 0 Å². The van der Waals surface area contributed by atoms with Crippen molar-refractivity contribution in [1.29, 1.82) is 0 Å². The second-order valence-electron chi connectivity index (χ2n) is 2.30. The van der Waals surface area contributed by atoms with E-state index >= 15 is 0 Å². The van der Waals surface area contributed by atoms with Crippen molar-refractivity contribution in [2.24, 2.45) is 0 Å². The maximum atomic E-state index is 11.6. The molecule has 0 spiro atoms. The van der Waals surface area contributed by atoms with E-state index in [0.29, 0.717) is 0 Å². The highest BCUT2D eigenvalue weighted by Gasteiger charge is 2.59. The molecule has 0 aromatic carbocycles. The van der Waals surface area contributed by atoms with Crippen LogP contribution in [0.4, 0.5) is 13.2 Å². The fourth-order valence-electron chi connectivity index (χ4n) is 0.754. The van der Waals surface area contributed by atoms with Crippen molar-refractivity contribution in [1.82, 2.24) is 0 Å².